The van der Waals surface area contributed by atoms with Gasteiger partial charge in [0.05, 0.1) is 38.0 Å². The first-order valence-corrected chi connectivity index (χ1v) is 7.77. The van der Waals surface area contributed by atoms with E-state index < -0.39 is 29.2 Å². The fourth-order valence-corrected chi connectivity index (χ4v) is 2.72. The van der Waals surface area contributed by atoms with Crippen molar-refractivity contribution in [2.75, 3.05) is 39.2 Å². The van der Waals surface area contributed by atoms with E-state index in [4.69, 9.17) is 16.7 Å². The van der Waals surface area contributed by atoms with E-state index in [-0.39, 0.29) is 41.7 Å². The maximum atomic E-state index is 14.2. The second kappa shape index (κ2) is 8.15. The molecule has 26 heavy (non-hydrogen) atoms. The molecule has 10 heteroatoms. The second-order valence-corrected chi connectivity index (χ2v) is 5.63. The maximum Gasteiger partial charge on any atom is 0.342 e. The molecule has 1 amide bonds. The molecule has 0 aromatic heterocycles. The molecule has 1 aromatic rings. The van der Waals surface area contributed by atoms with Crippen molar-refractivity contribution >= 4 is 35.1 Å². The van der Waals surface area contributed by atoms with Crippen LogP contribution in [0.15, 0.2) is 23.4 Å². The van der Waals surface area contributed by atoms with Gasteiger partial charge in [0.25, 0.3) is 5.91 Å². The molecule has 0 radical (unpaired) electrons. The number of aliphatic hydroxyl groups is 1. The van der Waals surface area contributed by atoms with E-state index >= 15 is 0 Å². The van der Waals surface area contributed by atoms with E-state index in [2.05, 4.69) is 14.8 Å². The highest BCUT2D eigenvalue weighted by Crippen LogP contribution is 2.28. The summed E-state index contributed by atoms with van der Waals surface area (Å²) in [7, 11) is 2.25. The van der Waals surface area contributed by atoms with Crippen molar-refractivity contribution in [2.24, 2.45) is 0 Å². The number of carbonyl (C=O) groups is 3. The Labute approximate surface area is 153 Å². The average molecular weight is 387 g/mol. The smallest absolute Gasteiger partial charge is 0.342 e. The minimum atomic E-state index is -0.954. The van der Waals surface area contributed by atoms with E-state index in [0.29, 0.717) is 0 Å². The third kappa shape index (κ3) is 3.78. The van der Waals surface area contributed by atoms with Gasteiger partial charge in [-0.1, -0.05) is 11.6 Å². The number of rotatable bonds is 6. The lowest BCUT2D eigenvalue weighted by molar-refractivity contribution is -0.136. The van der Waals surface area contributed by atoms with Gasteiger partial charge in [0.15, 0.2) is 0 Å². The number of ether oxygens (including phenoxy) is 2. The van der Waals surface area contributed by atoms with Crippen molar-refractivity contribution in [1.82, 2.24) is 4.90 Å². The Hall–Kier alpha value is -2.65. The number of aliphatic hydroxyl groups excluding tert-OH is 1. The molecule has 0 spiro atoms. The van der Waals surface area contributed by atoms with E-state index in [1.165, 1.54) is 11.0 Å². The average Bonchev–Trinajstić information content (AvgIpc) is 2.90. The lowest BCUT2D eigenvalue weighted by Crippen LogP contribution is -2.31. The van der Waals surface area contributed by atoms with Gasteiger partial charge >= 0.3 is 11.9 Å². The molecule has 2 N–H and O–H groups in total. The summed E-state index contributed by atoms with van der Waals surface area (Å²) in [5, 5.41) is 11.4. The summed E-state index contributed by atoms with van der Waals surface area (Å²) in [6.45, 7) is -0.340. The predicted molar refractivity (Wildman–Crippen MR) is 89.1 cm³/mol. The Kier molecular flexibility index (Phi) is 6.17. The van der Waals surface area contributed by atoms with Crippen LogP contribution in [0.5, 0.6) is 0 Å². The number of halogens is 2. The molecule has 1 heterocycles. The zero-order valence-corrected chi connectivity index (χ0v) is 14.7. The summed E-state index contributed by atoms with van der Waals surface area (Å²) in [6, 6.07) is 2.17. The molecule has 2 rings (SSSR count). The molecule has 0 unspecified atom stereocenters. The van der Waals surface area contributed by atoms with E-state index in [1.807, 2.05) is 0 Å². The highest BCUT2D eigenvalue weighted by molar-refractivity contribution is 6.34. The van der Waals surface area contributed by atoms with Gasteiger partial charge in [0, 0.05) is 12.2 Å². The van der Waals surface area contributed by atoms with Crippen molar-refractivity contribution in [1.29, 1.82) is 0 Å². The molecular weight excluding hydrogens is 371 g/mol. The normalized spacial score (nSPS) is 13.9. The first-order valence-electron chi connectivity index (χ1n) is 7.40. The Bertz CT molecular complexity index is 772. The lowest BCUT2D eigenvalue weighted by atomic mass is 10.1. The molecule has 0 atom stereocenters. The number of benzene rings is 1. The van der Waals surface area contributed by atoms with Gasteiger partial charge in [0.2, 0.25) is 0 Å². The first-order chi connectivity index (χ1) is 12.3. The Morgan fingerprint density at radius 3 is 2.50 bits per heavy atom. The Morgan fingerprint density at radius 2 is 1.96 bits per heavy atom. The fourth-order valence-electron chi connectivity index (χ4n) is 2.44. The standard InChI is InChI=1S/C16H16ClFN2O6/c1-25-15(23)9-7-20(3-4-21)14(22)13(9)19-8-5-10(17)12(11(18)6-8)16(24)26-2/h5-6,19,21H,3-4,7H2,1-2H3. The van der Waals surface area contributed by atoms with E-state index in [9.17, 15) is 18.8 Å². The third-order valence-electron chi connectivity index (χ3n) is 3.65. The van der Waals surface area contributed by atoms with Crippen LogP contribution in [-0.2, 0) is 19.1 Å². The van der Waals surface area contributed by atoms with Gasteiger partial charge in [-0.2, -0.15) is 0 Å². The number of hydrogen-bond acceptors (Lipinski definition) is 7. The molecule has 0 bridgehead atoms. The summed E-state index contributed by atoms with van der Waals surface area (Å²) >= 11 is 5.92. The number of β-amino-alcohol motifs (C(OH)–C–C–N with tert-alkyl or cyclic N) is 1. The van der Waals surface area contributed by atoms with Crippen LogP contribution in [0, 0.1) is 5.82 Å². The van der Waals surface area contributed by atoms with Gasteiger partial charge in [-0.05, 0) is 12.1 Å². The van der Waals surface area contributed by atoms with Crippen LogP contribution in [0.1, 0.15) is 10.4 Å². The first kappa shape index (κ1) is 19.7. The lowest BCUT2D eigenvalue weighted by Gasteiger charge is -2.15. The molecule has 0 fully saturated rings. The summed E-state index contributed by atoms with van der Waals surface area (Å²) in [4.78, 5) is 37.1. The van der Waals surface area contributed by atoms with Crippen LogP contribution in [0.25, 0.3) is 0 Å². The van der Waals surface area contributed by atoms with Gasteiger partial charge in [0.1, 0.15) is 17.1 Å². The predicted octanol–water partition coefficient (Wildman–Crippen LogP) is 0.939. The van der Waals surface area contributed by atoms with Crippen LogP contribution in [-0.4, -0.2) is 61.8 Å². The van der Waals surface area contributed by atoms with Crippen LogP contribution in [0.4, 0.5) is 10.1 Å². The molecule has 1 aromatic carbocycles. The zero-order chi connectivity index (χ0) is 19.4. The topological polar surface area (TPSA) is 105 Å². The minimum absolute atomic E-state index is 0.0148. The zero-order valence-electron chi connectivity index (χ0n) is 14.0. The quantitative estimate of drug-likeness (QED) is 0.701. The fraction of sp³-hybridized carbons (Fsp3) is 0.312. The monoisotopic (exact) mass is 386 g/mol. The second-order valence-electron chi connectivity index (χ2n) is 5.23. The maximum absolute atomic E-state index is 14.2. The van der Waals surface area contributed by atoms with Crippen LogP contribution in [0.2, 0.25) is 5.02 Å². The van der Waals surface area contributed by atoms with Crippen LogP contribution < -0.4 is 5.32 Å². The number of nitrogens with one attached hydrogen (secondary N) is 1. The number of esters is 2. The van der Waals surface area contributed by atoms with Gasteiger partial charge in [-0.3, -0.25) is 4.79 Å². The van der Waals surface area contributed by atoms with Gasteiger partial charge in [-0.15, -0.1) is 0 Å². The largest absolute Gasteiger partial charge is 0.466 e. The molecule has 1 aliphatic rings. The number of amides is 1. The number of methoxy groups -OCH3 is 2. The molecule has 140 valence electrons. The van der Waals surface area contributed by atoms with Gasteiger partial charge < -0.3 is 24.8 Å². The number of anilines is 1. The number of hydrogen-bond donors (Lipinski definition) is 2. The number of carbonyl (C=O) groups excluding carboxylic acids is 3. The van der Waals surface area contributed by atoms with E-state index in [0.717, 1.165) is 20.3 Å². The summed E-state index contributed by atoms with van der Waals surface area (Å²) in [6.07, 6.45) is 0. The Balaban J connectivity index is 2.39. The van der Waals surface area contributed by atoms with Gasteiger partial charge in [-0.25, -0.2) is 14.0 Å². The molecule has 8 nitrogen and oxygen atoms in total. The van der Waals surface area contributed by atoms with E-state index in [1.54, 1.807) is 0 Å². The summed E-state index contributed by atoms with van der Waals surface area (Å²) in [5.74, 6) is -3.20. The molecular formula is C16H16ClFN2O6. The minimum Gasteiger partial charge on any atom is -0.466 e. The molecule has 0 saturated carbocycles. The van der Waals surface area contributed by atoms with Crippen molar-refractivity contribution < 1.29 is 33.4 Å². The Morgan fingerprint density at radius 1 is 1.31 bits per heavy atom. The summed E-state index contributed by atoms with van der Waals surface area (Å²) < 4.78 is 23.3. The highest BCUT2D eigenvalue weighted by atomic mass is 35.5. The van der Waals surface area contributed by atoms with Crippen molar-refractivity contribution in [2.45, 2.75) is 0 Å². The SMILES string of the molecule is COC(=O)C1=C(Nc2cc(F)c(C(=O)OC)c(Cl)c2)C(=O)N(CCO)C1. The van der Waals surface area contributed by atoms with Crippen LogP contribution in [0.3, 0.4) is 0 Å². The molecule has 1 aliphatic heterocycles. The molecule has 0 saturated heterocycles. The third-order valence-corrected chi connectivity index (χ3v) is 3.95. The van der Waals surface area contributed by atoms with Crippen molar-refractivity contribution in [3.05, 3.63) is 39.8 Å². The highest BCUT2D eigenvalue weighted by Gasteiger charge is 2.34. The summed E-state index contributed by atoms with van der Waals surface area (Å²) in [5.41, 5.74) is -0.483. The van der Waals surface area contributed by atoms with Crippen molar-refractivity contribution in [3.63, 3.8) is 0 Å². The molecule has 0 aliphatic carbocycles. The van der Waals surface area contributed by atoms with Crippen molar-refractivity contribution in [3.8, 4) is 0 Å². The van der Waals surface area contributed by atoms with Crippen LogP contribution >= 0.6 is 11.6 Å². The number of nitrogens with zero attached hydrogens (tertiary/aromatic N) is 1.